The Morgan fingerprint density at radius 2 is 1.82 bits per heavy atom. The molecule has 6 heterocycles. The standard InChI is InChI=1S/C21H23F3N8O/c1-12-15-6-25-19(28-18(15)32(29-12)14-7-33-8-14)31-10-20(11-31)3-4-30(9-20)17-5-16(21(22,23)24)26-13(2)27-17/h5-6,14H,3-4,7-11H2,1-2H3. The molecule has 0 aromatic carbocycles. The van der Waals surface area contributed by atoms with Gasteiger partial charge in [0.25, 0.3) is 0 Å². The highest BCUT2D eigenvalue weighted by atomic mass is 19.4. The summed E-state index contributed by atoms with van der Waals surface area (Å²) in [5.41, 5.74) is 0.809. The van der Waals surface area contributed by atoms with Crippen LogP contribution in [0.3, 0.4) is 0 Å². The number of nitrogens with zero attached hydrogens (tertiary/aromatic N) is 8. The van der Waals surface area contributed by atoms with Crippen LogP contribution in [0.5, 0.6) is 0 Å². The number of hydrogen-bond donors (Lipinski definition) is 0. The van der Waals surface area contributed by atoms with Crippen molar-refractivity contribution in [3.63, 3.8) is 0 Å². The number of ether oxygens (including phenoxy) is 1. The van der Waals surface area contributed by atoms with Crippen LogP contribution in [-0.2, 0) is 10.9 Å². The lowest BCUT2D eigenvalue weighted by molar-refractivity contribution is -0.141. The fourth-order valence-electron chi connectivity index (χ4n) is 4.98. The van der Waals surface area contributed by atoms with E-state index in [1.165, 1.54) is 6.92 Å². The molecule has 3 aliphatic heterocycles. The van der Waals surface area contributed by atoms with Crippen LogP contribution in [0.4, 0.5) is 24.9 Å². The van der Waals surface area contributed by atoms with Crippen molar-refractivity contribution in [1.29, 1.82) is 0 Å². The van der Waals surface area contributed by atoms with Gasteiger partial charge in [-0.3, -0.25) is 0 Å². The Labute approximate surface area is 187 Å². The second kappa shape index (κ2) is 6.99. The molecule has 6 rings (SSSR count). The van der Waals surface area contributed by atoms with Crippen molar-refractivity contribution in [2.24, 2.45) is 5.41 Å². The Morgan fingerprint density at radius 3 is 2.52 bits per heavy atom. The maximum atomic E-state index is 13.2. The number of halogens is 3. The maximum absolute atomic E-state index is 13.2. The number of rotatable bonds is 3. The van der Waals surface area contributed by atoms with Gasteiger partial charge in [0.2, 0.25) is 5.95 Å². The first kappa shape index (κ1) is 20.6. The number of aryl methyl sites for hydroxylation is 2. The van der Waals surface area contributed by atoms with Crippen molar-refractivity contribution in [3.05, 3.63) is 29.5 Å². The highest BCUT2D eigenvalue weighted by Crippen LogP contribution is 2.43. The van der Waals surface area contributed by atoms with Gasteiger partial charge >= 0.3 is 6.18 Å². The molecule has 1 spiro atoms. The summed E-state index contributed by atoms with van der Waals surface area (Å²) >= 11 is 0. The van der Waals surface area contributed by atoms with Gasteiger partial charge in [-0.05, 0) is 20.3 Å². The van der Waals surface area contributed by atoms with Crippen LogP contribution in [0.25, 0.3) is 11.0 Å². The van der Waals surface area contributed by atoms with Crippen LogP contribution >= 0.6 is 0 Å². The number of aromatic nitrogens is 6. The summed E-state index contributed by atoms with van der Waals surface area (Å²) in [6, 6.07) is 1.25. The lowest BCUT2D eigenvalue weighted by Crippen LogP contribution is -2.58. The molecule has 3 aromatic heterocycles. The predicted molar refractivity (Wildman–Crippen MR) is 113 cm³/mol. The van der Waals surface area contributed by atoms with Crippen molar-refractivity contribution >= 4 is 22.8 Å². The lowest BCUT2D eigenvalue weighted by Gasteiger charge is -2.48. The number of hydrogen-bond acceptors (Lipinski definition) is 8. The van der Waals surface area contributed by atoms with Crippen LogP contribution in [0.15, 0.2) is 12.3 Å². The molecule has 33 heavy (non-hydrogen) atoms. The Balaban J connectivity index is 1.19. The van der Waals surface area contributed by atoms with E-state index >= 15 is 0 Å². The van der Waals surface area contributed by atoms with E-state index in [2.05, 4.69) is 25.0 Å². The van der Waals surface area contributed by atoms with Gasteiger partial charge in [-0.1, -0.05) is 0 Å². The summed E-state index contributed by atoms with van der Waals surface area (Å²) in [4.78, 5) is 21.2. The summed E-state index contributed by atoms with van der Waals surface area (Å²) in [5, 5.41) is 5.56. The predicted octanol–water partition coefficient (Wildman–Crippen LogP) is 2.54. The molecule has 3 aliphatic rings. The van der Waals surface area contributed by atoms with Crippen LogP contribution in [0.1, 0.15) is 29.7 Å². The summed E-state index contributed by atoms with van der Waals surface area (Å²) in [5.74, 6) is 1.12. The molecule has 12 heteroatoms. The molecule has 9 nitrogen and oxygen atoms in total. The van der Waals surface area contributed by atoms with Crippen molar-refractivity contribution in [2.75, 3.05) is 49.2 Å². The zero-order valence-electron chi connectivity index (χ0n) is 18.3. The van der Waals surface area contributed by atoms with Gasteiger partial charge in [0.05, 0.1) is 24.3 Å². The largest absolute Gasteiger partial charge is 0.433 e. The van der Waals surface area contributed by atoms with E-state index < -0.39 is 11.9 Å². The van der Waals surface area contributed by atoms with Gasteiger partial charge in [-0.15, -0.1) is 0 Å². The van der Waals surface area contributed by atoms with Crippen LogP contribution in [-0.4, -0.2) is 69.1 Å². The molecule has 3 aromatic rings. The minimum atomic E-state index is -4.49. The van der Waals surface area contributed by atoms with Gasteiger partial charge in [0.15, 0.2) is 5.65 Å². The summed E-state index contributed by atoms with van der Waals surface area (Å²) in [7, 11) is 0. The van der Waals surface area contributed by atoms with E-state index in [0.717, 1.165) is 42.3 Å². The molecule has 0 bridgehead atoms. The summed E-state index contributed by atoms with van der Waals surface area (Å²) in [6.07, 6.45) is -1.78. The molecule has 3 saturated heterocycles. The molecule has 0 amide bonds. The quantitative estimate of drug-likeness (QED) is 0.590. The molecule has 3 fully saturated rings. The summed E-state index contributed by atoms with van der Waals surface area (Å²) in [6.45, 7) is 7.53. The molecule has 0 aliphatic carbocycles. The lowest BCUT2D eigenvalue weighted by atomic mass is 9.79. The fourth-order valence-corrected chi connectivity index (χ4v) is 4.98. The van der Waals surface area contributed by atoms with Crippen molar-refractivity contribution in [3.8, 4) is 0 Å². The SMILES string of the molecule is Cc1nc(N2CCC3(C2)CN(c2ncc4c(C)nn(C5COC5)c4n2)C3)cc(C(F)(F)F)n1. The molecule has 174 valence electrons. The molecule has 0 radical (unpaired) electrons. The fraction of sp³-hybridized carbons (Fsp3) is 0.571. The van der Waals surface area contributed by atoms with Crippen LogP contribution in [0, 0.1) is 19.3 Å². The number of alkyl halides is 3. The topological polar surface area (TPSA) is 85.1 Å². The van der Waals surface area contributed by atoms with Gasteiger partial charge in [-0.2, -0.15) is 23.3 Å². The molecule has 0 saturated carbocycles. The van der Waals surface area contributed by atoms with Crippen molar-refractivity contribution in [1.82, 2.24) is 29.7 Å². The normalized spacial score (nSPS) is 20.5. The van der Waals surface area contributed by atoms with Gasteiger partial charge in [0, 0.05) is 43.9 Å². The van der Waals surface area contributed by atoms with Crippen LogP contribution in [0.2, 0.25) is 0 Å². The first-order valence-corrected chi connectivity index (χ1v) is 10.9. The van der Waals surface area contributed by atoms with E-state index in [4.69, 9.17) is 9.72 Å². The Bertz CT molecular complexity index is 1230. The van der Waals surface area contributed by atoms with Crippen molar-refractivity contribution in [2.45, 2.75) is 32.5 Å². The second-order valence-corrected chi connectivity index (χ2v) is 9.31. The van der Waals surface area contributed by atoms with Gasteiger partial charge in [-0.25, -0.2) is 19.6 Å². The van der Waals surface area contributed by atoms with E-state index in [-0.39, 0.29) is 17.3 Å². The zero-order chi connectivity index (χ0) is 23.0. The molecule has 0 N–H and O–H groups in total. The average molecular weight is 460 g/mol. The van der Waals surface area contributed by atoms with E-state index in [0.29, 0.717) is 38.1 Å². The third-order valence-electron chi connectivity index (χ3n) is 6.80. The molecule has 0 atom stereocenters. The van der Waals surface area contributed by atoms with Crippen molar-refractivity contribution < 1.29 is 17.9 Å². The third kappa shape index (κ3) is 3.38. The monoisotopic (exact) mass is 460 g/mol. The minimum Gasteiger partial charge on any atom is -0.377 e. The molecule has 0 unspecified atom stereocenters. The highest BCUT2D eigenvalue weighted by Gasteiger charge is 2.49. The van der Waals surface area contributed by atoms with E-state index in [9.17, 15) is 13.2 Å². The van der Waals surface area contributed by atoms with Gasteiger partial charge in [0.1, 0.15) is 23.4 Å². The smallest absolute Gasteiger partial charge is 0.377 e. The van der Waals surface area contributed by atoms with Gasteiger partial charge < -0.3 is 14.5 Å². The first-order valence-electron chi connectivity index (χ1n) is 10.9. The highest BCUT2D eigenvalue weighted by molar-refractivity contribution is 5.78. The number of anilines is 2. The third-order valence-corrected chi connectivity index (χ3v) is 6.80. The first-order chi connectivity index (χ1) is 15.7. The van der Waals surface area contributed by atoms with E-state index in [1.54, 1.807) is 0 Å². The Kier molecular flexibility index (Phi) is 4.36. The second-order valence-electron chi connectivity index (χ2n) is 9.31. The minimum absolute atomic E-state index is 0.00641. The average Bonchev–Trinajstić information content (AvgIpc) is 3.27. The molecular weight excluding hydrogens is 437 g/mol. The number of fused-ring (bicyclic) bond motifs is 1. The Morgan fingerprint density at radius 1 is 1.06 bits per heavy atom. The summed E-state index contributed by atoms with van der Waals surface area (Å²) < 4.78 is 46.8. The maximum Gasteiger partial charge on any atom is 0.433 e. The van der Waals surface area contributed by atoms with E-state index in [1.807, 2.05) is 22.7 Å². The van der Waals surface area contributed by atoms with Crippen LogP contribution < -0.4 is 9.80 Å². The Hall–Kier alpha value is -3.02. The molecular formula is C21H23F3N8O. The zero-order valence-corrected chi connectivity index (χ0v) is 18.3.